The lowest BCUT2D eigenvalue weighted by Gasteiger charge is -2.28. The zero-order valence-corrected chi connectivity index (χ0v) is 17.9. The van der Waals surface area contributed by atoms with Gasteiger partial charge in [0.05, 0.1) is 12.9 Å². The molecule has 1 fully saturated rings. The number of carbonyl (C=O) groups excluding carboxylic acids is 4. The van der Waals surface area contributed by atoms with E-state index < -0.39 is 60.4 Å². The minimum atomic E-state index is -1.27. The Hall–Kier alpha value is -3.52. The van der Waals surface area contributed by atoms with Crippen LogP contribution in [0.2, 0.25) is 0 Å². The van der Waals surface area contributed by atoms with E-state index in [0.717, 1.165) is 4.90 Å². The van der Waals surface area contributed by atoms with Crippen LogP contribution in [0.5, 0.6) is 0 Å². The molecule has 9 N–H and O–H groups in total. The molecule has 0 spiro atoms. The van der Waals surface area contributed by atoms with Gasteiger partial charge in [-0.3, -0.25) is 19.2 Å². The average molecular weight is 467 g/mol. The van der Waals surface area contributed by atoms with Crippen LogP contribution in [0.3, 0.4) is 0 Å². The van der Waals surface area contributed by atoms with Crippen LogP contribution >= 0.6 is 0 Å². The second kappa shape index (κ2) is 11.9. The first kappa shape index (κ1) is 25.7. The first-order valence-electron chi connectivity index (χ1n) is 10.4. The number of hydrogen-bond donors (Lipinski definition) is 7. The molecule has 14 nitrogen and oxygen atoms in total. The Morgan fingerprint density at radius 2 is 1.91 bits per heavy atom. The van der Waals surface area contributed by atoms with Crippen molar-refractivity contribution >= 4 is 29.6 Å². The fourth-order valence-electron chi connectivity index (χ4n) is 3.49. The van der Waals surface area contributed by atoms with Crippen molar-refractivity contribution in [2.75, 3.05) is 13.2 Å². The molecule has 1 aromatic heterocycles. The van der Waals surface area contributed by atoms with Crippen molar-refractivity contribution in [3.63, 3.8) is 0 Å². The Morgan fingerprint density at radius 3 is 2.48 bits per heavy atom. The van der Waals surface area contributed by atoms with Crippen LogP contribution in [0.15, 0.2) is 12.5 Å². The van der Waals surface area contributed by atoms with Crippen LogP contribution in [0, 0.1) is 0 Å². The normalized spacial score (nSPS) is 18.2. The fourth-order valence-corrected chi connectivity index (χ4v) is 3.49. The number of rotatable bonds is 12. The number of nitrogens with two attached hydrogens (primary N) is 2. The zero-order valence-electron chi connectivity index (χ0n) is 17.9. The highest BCUT2D eigenvalue weighted by atomic mass is 16.4. The topological polar surface area (TPSA) is 234 Å². The highest BCUT2D eigenvalue weighted by molar-refractivity contribution is 5.94. The highest BCUT2D eigenvalue weighted by Crippen LogP contribution is 2.19. The van der Waals surface area contributed by atoms with Gasteiger partial charge in [0.15, 0.2) is 0 Å². The molecule has 0 saturated carbocycles. The number of nitrogens with zero attached hydrogens (tertiary/aromatic N) is 2. The molecular formula is C19H29N7O7. The standard InChI is InChI=1S/C19H29N7O7/c20-11(8-27)16(29)25-13(6-10-7-22-9-23-10)17(30)24-12(3-4-15(21)28)18(31)26-5-1-2-14(26)19(32)33/h7,9,11-14,27H,1-6,8,20H2,(H2,21,28)(H,22,23)(H,24,30)(H,25,29)(H,32,33). The summed E-state index contributed by atoms with van der Waals surface area (Å²) in [6.07, 6.45) is 3.17. The fraction of sp³-hybridized carbons (Fsp3) is 0.579. The van der Waals surface area contributed by atoms with Gasteiger partial charge in [0, 0.05) is 31.3 Å². The summed E-state index contributed by atoms with van der Waals surface area (Å²) in [6, 6.07) is -4.74. The molecule has 0 aromatic carbocycles. The lowest BCUT2D eigenvalue weighted by molar-refractivity contribution is -0.149. The van der Waals surface area contributed by atoms with Gasteiger partial charge in [0.2, 0.25) is 23.6 Å². The molecule has 1 saturated heterocycles. The molecule has 4 amide bonds. The van der Waals surface area contributed by atoms with Crippen molar-refractivity contribution in [1.82, 2.24) is 25.5 Å². The molecule has 0 aliphatic carbocycles. The van der Waals surface area contributed by atoms with Crippen LogP contribution in [0.25, 0.3) is 0 Å². The summed E-state index contributed by atoms with van der Waals surface area (Å²) >= 11 is 0. The van der Waals surface area contributed by atoms with Gasteiger partial charge >= 0.3 is 5.97 Å². The van der Waals surface area contributed by atoms with E-state index in [0.29, 0.717) is 12.1 Å². The first-order valence-corrected chi connectivity index (χ1v) is 10.4. The number of carbonyl (C=O) groups is 5. The number of carboxylic acids is 1. The van der Waals surface area contributed by atoms with Crippen LogP contribution in [-0.4, -0.2) is 92.0 Å². The third kappa shape index (κ3) is 7.25. The SMILES string of the molecule is NC(=O)CCC(NC(=O)C(Cc1cnc[nH]1)NC(=O)C(N)CO)C(=O)N1CCCC1C(=O)O. The Labute approximate surface area is 189 Å². The van der Waals surface area contributed by atoms with E-state index in [1.807, 2.05) is 0 Å². The van der Waals surface area contributed by atoms with Crippen molar-refractivity contribution in [2.24, 2.45) is 11.5 Å². The number of aliphatic carboxylic acids is 1. The lowest BCUT2D eigenvalue weighted by Crippen LogP contribution is -2.58. The number of likely N-dealkylation sites (tertiary alicyclic amines) is 1. The van der Waals surface area contributed by atoms with Crippen molar-refractivity contribution in [3.05, 3.63) is 18.2 Å². The number of H-pyrrole nitrogens is 1. The number of carboxylic acid groups (broad SMARTS) is 1. The highest BCUT2D eigenvalue weighted by Gasteiger charge is 2.38. The molecule has 2 heterocycles. The van der Waals surface area contributed by atoms with Crippen LogP contribution in [-0.2, 0) is 30.4 Å². The van der Waals surface area contributed by atoms with Gasteiger partial charge in [-0.2, -0.15) is 0 Å². The predicted octanol–water partition coefficient (Wildman–Crippen LogP) is -3.42. The molecule has 14 heteroatoms. The van der Waals surface area contributed by atoms with Gasteiger partial charge in [-0.15, -0.1) is 0 Å². The number of aliphatic hydroxyl groups excluding tert-OH is 1. The summed E-state index contributed by atoms with van der Waals surface area (Å²) in [5.74, 6) is -4.08. The first-order chi connectivity index (χ1) is 15.6. The van der Waals surface area contributed by atoms with Crippen LogP contribution < -0.4 is 22.1 Å². The number of aromatic nitrogens is 2. The third-order valence-electron chi connectivity index (χ3n) is 5.26. The summed E-state index contributed by atoms with van der Waals surface area (Å²) in [5, 5.41) is 23.4. The number of primary amides is 1. The van der Waals surface area contributed by atoms with E-state index in [-0.39, 0.29) is 32.2 Å². The van der Waals surface area contributed by atoms with Gasteiger partial charge in [0.25, 0.3) is 0 Å². The number of amides is 4. The molecule has 0 radical (unpaired) electrons. The minimum Gasteiger partial charge on any atom is -0.480 e. The van der Waals surface area contributed by atoms with E-state index in [2.05, 4.69) is 20.6 Å². The van der Waals surface area contributed by atoms with Gasteiger partial charge in [-0.25, -0.2) is 9.78 Å². The summed E-state index contributed by atoms with van der Waals surface area (Å²) in [4.78, 5) is 68.8. The zero-order chi connectivity index (χ0) is 24.5. The molecule has 1 aromatic rings. The number of aromatic amines is 1. The van der Waals surface area contributed by atoms with Gasteiger partial charge < -0.3 is 42.2 Å². The number of imidazole rings is 1. The van der Waals surface area contributed by atoms with Gasteiger partial charge in [0.1, 0.15) is 24.2 Å². The maximum Gasteiger partial charge on any atom is 0.326 e. The van der Waals surface area contributed by atoms with Crippen LogP contribution in [0.1, 0.15) is 31.4 Å². The molecule has 4 unspecified atom stereocenters. The lowest BCUT2D eigenvalue weighted by atomic mass is 10.1. The number of aliphatic hydroxyl groups is 1. The molecular weight excluding hydrogens is 438 g/mol. The molecule has 1 aliphatic rings. The summed E-state index contributed by atoms with van der Waals surface area (Å²) in [7, 11) is 0. The maximum atomic E-state index is 13.1. The Bertz CT molecular complexity index is 861. The Morgan fingerprint density at radius 1 is 1.21 bits per heavy atom. The summed E-state index contributed by atoms with van der Waals surface area (Å²) in [5.41, 5.74) is 11.2. The Kier molecular flexibility index (Phi) is 9.30. The maximum absolute atomic E-state index is 13.1. The van der Waals surface area contributed by atoms with Crippen molar-refractivity contribution in [1.29, 1.82) is 0 Å². The summed E-state index contributed by atoms with van der Waals surface area (Å²) < 4.78 is 0. The Balaban J connectivity index is 2.21. The van der Waals surface area contributed by atoms with Gasteiger partial charge in [-0.05, 0) is 19.3 Å². The predicted molar refractivity (Wildman–Crippen MR) is 112 cm³/mol. The minimum absolute atomic E-state index is 0.0338. The van der Waals surface area contributed by atoms with Crippen molar-refractivity contribution < 1.29 is 34.2 Å². The monoisotopic (exact) mass is 467 g/mol. The van der Waals surface area contributed by atoms with E-state index >= 15 is 0 Å². The van der Waals surface area contributed by atoms with E-state index in [9.17, 15) is 29.1 Å². The molecule has 1 aliphatic heterocycles. The van der Waals surface area contributed by atoms with Crippen molar-refractivity contribution in [2.45, 2.75) is 56.3 Å². The number of hydrogen-bond acceptors (Lipinski definition) is 8. The smallest absolute Gasteiger partial charge is 0.326 e. The second-order valence-electron chi connectivity index (χ2n) is 7.73. The average Bonchev–Trinajstić information content (AvgIpc) is 3.46. The summed E-state index contributed by atoms with van der Waals surface area (Å²) in [6.45, 7) is -0.451. The molecule has 2 rings (SSSR count). The van der Waals surface area contributed by atoms with E-state index in [1.54, 1.807) is 0 Å². The molecule has 0 bridgehead atoms. The van der Waals surface area contributed by atoms with E-state index in [4.69, 9.17) is 16.6 Å². The molecule has 33 heavy (non-hydrogen) atoms. The largest absolute Gasteiger partial charge is 0.480 e. The molecule has 4 atom stereocenters. The van der Waals surface area contributed by atoms with E-state index in [1.165, 1.54) is 12.5 Å². The van der Waals surface area contributed by atoms with Gasteiger partial charge in [-0.1, -0.05) is 0 Å². The van der Waals surface area contributed by atoms with Crippen molar-refractivity contribution in [3.8, 4) is 0 Å². The van der Waals surface area contributed by atoms with Crippen LogP contribution in [0.4, 0.5) is 0 Å². The molecule has 182 valence electrons. The quantitative estimate of drug-likeness (QED) is 0.162. The number of nitrogens with one attached hydrogen (secondary N) is 3. The second-order valence-corrected chi connectivity index (χ2v) is 7.73. The third-order valence-corrected chi connectivity index (χ3v) is 5.26.